The predicted molar refractivity (Wildman–Crippen MR) is 145 cm³/mol. The Labute approximate surface area is 222 Å². The van der Waals surface area contributed by atoms with Crippen LogP contribution in [0.2, 0.25) is 0 Å². The number of carbonyl (C=O) groups excluding carboxylic acids is 3. The Morgan fingerprint density at radius 1 is 0.763 bits per heavy atom. The molecule has 0 saturated carbocycles. The van der Waals surface area contributed by atoms with Crippen molar-refractivity contribution in [2.24, 2.45) is 0 Å². The van der Waals surface area contributed by atoms with Crippen molar-refractivity contribution < 1.29 is 28.6 Å². The van der Waals surface area contributed by atoms with E-state index in [9.17, 15) is 14.4 Å². The number of rotatable bonds is 5. The largest absolute Gasteiger partial charge is 0.444 e. The molecule has 0 aliphatic heterocycles. The molecule has 9 heteroatoms. The molecular formula is C29H33N3O6. The first-order chi connectivity index (χ1) is 17.8. The topological polar surface area (TPSA) is 107 Å². The van der Waals surface area contributed by atoms with E-state index in [4.69, 9.17) is 14.2 Å². The fourth-order valence-corrected chi connectivity index (χ4v) is 3.22. The minimum atomic E-state index is -1.01. The molecule has 0 atom stereocenters. The molecule has 0 spiro atoms. The third kappa shape index (κ3) is 8.33. The number of benzene rings is 2. The SMILES string of the molecule is CC(C)(C)OC(=O)N(C(=O)OC(C)(C)C)c1nc(-c2ccccc2)ccc1NC(=O)OCc1ccccc1. The molecule has 1 N–H and O–H groups in total. The van der Waals surface area contributed by atoms with E-state index in [0.29, 0.717) is 10.6 Å². The number of carbonyl (C=O) groups is 3. The first kappa shape index (κ1) is 28.2. The van der Waals surface area contributed by atoms with Gasteiger partial charge in [-0.05, 0) is 59.2 Å². The number of amides is 3. The van der Waals surface area contributed by atoms with Gasteiger partial charge in [0, 0.05) is 5.56 Å². The maximum Gasteiger partial charge on any atom is 0.425 e. The third-order valence-corrected chi connectivity index (χ3v) is 4.76. The number of pyridine rings is 1. The van der Waals surface area contributed by atoms with Crippen LogP contribution in [0.25, 0.3) is 11.3 Å². The number of aromatic nitrogens is 1. The molecule has 3 amide bonds. The van der Waals surface area contributed by atoms with Gasteiger partial charge in [-0.2, -0.15) is 4.90 Å². The second kappa shape index (κ2) is 11.8. The standard InChI is InChI=1S/C29H33N3O6/c1-28(2,3)37-26(34)32(27(35)38-29(4,5)6)24-23(18-17-22(30-24)21-15-11-8-12-16-21)31-25(33)36-19-20-13-9-7-10-14-20/h7-18H,19H2,1-6H3,(H,31,33). The monoisotopic (exact) mass is 519 g/mol. The number of ether oxygens (including phenoxy) is 3. The fourth-order valence-electron chi connectivity index (χ4n) is 3.22. The molecule has 3 aromatic rings. The summed E-state index contributed by atoms with van der Waals surface area (Å²) < 4.78 is 16.3. The zero-order valence-corrected chi connectivity index (χ0v) is 22.5. The second-order valence-electron chi connectivity index (χ2n) is 10.4. The van der Waals surface area contributed by atoms with Crippen LogP contribution in [0.4, 0.5) is 25.9 Å². The number of nitrogens with zero attached hydrogens (tertiary/aromatic N) is 2. The van der Waals surface area contributed by atoms with Crippen molar-refractivity contribution in [3.05, 3.63) is 78.4 Å². The lowest BCUT2D eigenvalue weighted by atomic mass is 10.1. The van der Waals surface area contributed by atoms with Gasteiger partial charge in [-0.15, -0.1) is 0 Å². The van der Waals surface area contributed by atoms with Crippen molar-refractivity contribution in [3.63, 3.8) is 0 Å². The van der Waals surface area contributed by atoms with Crippen LogP contribution in [0, 0.1) is 0 Å². The lowest BCUT2D eigenvalue weighted by Gasteiger charge is -2.29. The number of hydrogen-bond donors (Lipinski definition) is 1. The van der Waals surface area contributed by atoms with Crippen molar-refractivity contribution in [3.8, 4) is 11.3 Å². The molecule has 38 heavy (non-hydrogen) atoms. The summed E-state index contributed by atoms with van der Waals surface area (Å²) in [6.07, 6.45) is -2.81. The minimum absolute atomic E-state index is 0.0272. The molecule has 3 rings (SSSR count). The maximum atomic E-state index is 13.3. The summed E-state index contributed by atoms with van der Waals surface area (Å²) >= 11 is 0. The van der Waals surface area contributed by atoms with E-state index in [1.54, 1.807) is 47.6 Å². The highest BCUT2D eigenvalue weighted by Crippen LogP contribution is 2.31. The van der Waals surface area contributed by atoms with E-state index in [0.717, 1.165) is 11.1 Å². The number of imide groups is 1. The summed E-state index contributed by atoms with van der Waals surface area (Å²) in [5.41, 5.74) is 0.206. The lowest BCUT2D eigenvalue weighted by molar-refractivity contribution is 0.0429. The summed E-state index contributed by atoms with van der Waals surface area (Å²) in [5.74, 6) is -0.175. The Morgan fingerprint density at radius 3 is 1.82 bits per heavy atom. The van der Waals surface area contributed by atoms with Gasteiger partial charge < -0.3 is 14.2 Å². The summed E-state index contributed by atoms with van der Waals surface area (Å²) in [6.45, 7) is 10.1. The number of nitrogens with one attached hydrogen (secondary N) is 1. The average Bonchev–Trinajstić information content (AvgIpc) is 2.83. The van der Waals surface area contributed by atoms with Gasteiger partial charge in [-0.3, -0.25) is 5.32 Å². The molecule has 0 unspecified atom stereocenters. The number of anilines is 2. The van der Waals surface area contributed by atoms with Gasteiger partial charge in [0.1, 0.15) is 17.8 Å². The lowest BCUT2D eigenvalue weighted by Crippen LogP contribution is -2.44. The Kier molecular flexibility index (Phi) is 8.72. The highest BCUT2D eigenvalue weighted by Gasteiger charge is 2.35. The zero-order valence-electron chi connectivity index (χ0n) is 22.5. The van der Waals surface area contributed by atoms with Gasteiger partial charge in [0.25, 0.3) is 0 Å². The maximum absolute atomic E-state index is 13.3. The van der Waals surface area contributed by atoms with Gasteiger partial charge in [-0.1, -0.05) is 60.7 Å². The summed E-state index contributed by atoms with van der Waals surface area (Å²) in [5, 5.41) is 2.59. The van der Waals surface area contributed by atoms with Gasteiger partial charge in [-0.25, -0.2) is 19.4 Å². The predicted octanol–water partition coefficient (Wildman–Crippen LogP) is 7.17. The van der Waals surface area contributed by atoms with Crippen LogP contribution in [-0.4, -0.2) is 34.5 Å². The van der Waals surface area contributed by atoms with Crippen molar-refractivity contribution in [1.82, 2.24) is 4.98 Å². The van der Waals surface area contributed by atoms with E-state index in [1.807, 2.05) is 60.7 Å². The van der Waals surface area contributed by atoms with Gasteiger partial charge in [0.2, 0.25) is 0 Å². The number of hydrogen-bond acceptors (Lipinski definition) is 7. The molecule has 0 aliphatic carbocycles. The molecule has 2 aromatic carbocycles. The van der Waals surface area contributed by atoms with Crippen LogP contribution in [0.3, 0.4) is 0 Å². The molecule has 1 heterocycles. The van der Waals surface area contributed by atoms with Gasteiger partial charge in [0.15, 0.2) is 5.82 Å². The van der Waals surface area contributed by atoms with E-state index in [-0.39, 0.29) is 18.1 Å². The van der Waals surface area contributed by atoms with Crippen molar-refractivity contribution in [2.45, 2.75) is 59.4 Å². The Balaban J connectivity index is 2.03. The highest BCUT2D eigenvalue weighted by molar-refractivity contribution is 6.11. The molecule has 0 aliphatic rings. The minimum Gasteiger partial charge on any atom is -0.444 e. The van der Waals surface area contributed by atoms with E-state index >= 15 is 0 Å². The zero-order chi connectivity index (χ0) is 27.9. The highest BCUT2D eigenvalue weighted by atomic mass is 16.6. The van der Waals surface area contributed by atoms with Gasteiger partial charge in [0.05, 0.1) is 11.4 Å². The van der Waals surface area contributed by atoms with Crippen LogP contribution in [0.15, 0.2) is 72.8 Å². The molecule has 1 aromatic heterocycles. The first-order valence-electron chi connectivity index (χ1n) is 12.1. The molecule has 0 saturated heterocycles. The van der Waals surface area contributed by atoms with Crippen LogP contribution in [-0.2, 0) is 20.8 Å². The molecule has 0 fully saturated rings. The van der Waals surface area contributed by atoms with Crippen LogP contribution in [0.1, 0.15) is 47.1 Å². The van der Waals surface area contributed by atoms with Crippen LogP contribution < -0.4 is 10.2 Å². The van der Waals surface area contributed by atoms with Crippen LogP contribution >= 0.6 is 0 Å². The molecule has 9 nitrogen and oxygen atoms in total. The van der Waals surface area contributed by atoms with Crippen molar-refractivity contribution in [1.29, 1.82) is 0 Å². The van der Waals surface area contributed by atoms with Crippen molar-refractivity contribution >= 4 is 29.8 Å². The smallest absolute Gasteiger partial charge is 0.425 e. The summed E-state index contributed by atoms with van der Waals surface area (Å²) in [4.78, 5) is 44.6. The summed E-state index contributed by atoms with van der Waals surface area (Å²) in [6, 6.07) is 21.6. The van der Waals surface area contributed by atoms with Crippen molar-refractivity contribution in [2.75, 3.05) is 10.2 Å². The third-order valence-electron chi connectivity index (χ3n) is 4.76. The fraction of sp³-hybridized carbons (Fsp3) is 0.310. The molecule has 200 valence electrons. The summed E-state index contributed by atoms with van der Waals surface area (Å²) in [7, 11) is 0. The molecular weight excluding hydrogens is 486 g/mol. The van der Waals surface area contributed by atoms with E-state index < -0.39 is 29.5 Å². The Morgan fingerprint density at radius 2 is 1.29 bits per heavy atom. The first-order valence-corrected chi connectivity index (χ1v) is 12.1. The molecule has 0 radical (unpaired) electrons. The molecule has 0 bridgehead atoms. The quantitative estimate of drug-likeness (QED) is 0.356. The van der Waals surface area contributed by atoms with Crippen LogP contribution in [0.5, 0.6) is 0 Å². The van der Waals surface area contributed by atoms with E-state index in [2.05, 4.69) is 10.3 Å². The Bertz CT molecular complexity index is 1240. The second-order valence-corrected chi connectivity index (χ2v) is 10.4. The van der Waals surface area contributed by atoms with E-state index in [1.165, 1.54) is 6.07 Å². The average molecular weight is 520 g/mol. The van der Waals surface area contributed by atoms with Gasteiger partial charge >= 0.3 is 18.3 Å². The Hall–Kier alpha value is -4.40. The normalized spacial score (nSPS) is 11.3.